The van der Waals surface area contributed by atoms with Crippen LogP contribution in [0.15, 0.2) is 24.3 Å². The van der Waals surface area contributed by atoms with E-state index in [1.54, 1.807) is 7.11 Å². The van der Waals surface area contributed by atoms with Crippen molar-refractivity contribution in [2.24, 2.45) is 0 Å². The maximum atomic E-state index is 5.42. The normalized spacial score (nSPS) is 18.7. The van der Waals surface area contributed by atoms with Gasteiger partial charge in [-0.3, -0.25) is 0 Å². The lowest BCUT2D eigenvalue weighted by Crippen LogP contribution is -2.14. The van der Waals surface area contributed by atoms with Gasteiger partial charge in [0.25, 0.3) is 0 Å². The number of rotatable bonds is 3. The number of hydrogen-bond acceptors (Lipinski definition) is 3. The van der Waals surface area contributed by atoms with Gasteiger partial charge in [-0.05, 0) is 38.4 Å². The Labute approximate surface area is 113 Å². The predicted octanol–water partition coefficient (Wildman–Crippen LogP) is 2.82. The summed E-state index contributed by atoms with van der Waals surface area (Å²) in [6.45, 7) is 3.14. The Kier molecular flexibility index (Phi) is 3.25. The molecule has 2 N–H and O–H groups in total. The molecule has 1 aliphatic rings. The summed E-state index contributed by atoms with van der Waals surface area (Å²) in [6, 6.07) is 8.37. The largest absolute Gasteiger partial charge is 0.496 e. The number of nitrogens with one attached hydrogen (secondary N) is 2. The molecule has 0 saturated carbocycles. The van der Waals surface area contributed by atoms with Crippen LogP contribution in [0.5, 0.6) is 5.75 Å². The number of aryl methyl sites for hydroxylation is 1. The number of methoxy groups -OCH3 is 1. The summed E-state index contributed by atoms with van der Waals surface area (Å²) in [5.74, 6) is 1.90. The highest BCUT2D eigenvalue weighted by atomic mass is 16.5. The average molecular weight is 257 g/mol. The Hall–Kier alpha value is -1.81. The van der Waals surface area contributed by atoms with Gasteiger partial charge in [0.05, 0.1) is 18.8 Å². The average Bonchev–Trinajstić information content (AvgIpc) is 3.07. The van der Waals surface area contributed by atoms with Gasteiger partial charge < -0.3 is 15.0 Å². The zero-order chi connectivity index (χ0) is 13.2. The molecule has 2 heterocycles. The number of benzene rings is 1. The molecule has 1 aromatic heterocycles. The molecule has 0 amide bonds. The first-order chi connectivity index (χ1) is 9.29. The molecule has 4 nitrogen and oxygen atoms in total. The second kappa shape index (κ2) is 5.05. The summed E-state index contributed by atoms with van der Waals surface area (Å²) in [5, 5.41) is 3.47. The van der Waals surface area contributed by atoms with Crippen LogP contribution in [0.25, 0.3) is 11.3 Å². The van der Waals surface area contributed by atoms with E-state index in [-0.39, 0.29) is 0 Å². The van der Waals surface area contributed by atoms with Crippen LogP contribution in [0.1, 0.15) is 30.4 Å². The van der Waals surface area contributed by atoms with Gasteiger partial charge in [-0.15, -0.1) is 0 Å². The Balaban J connectivity index is 2.00. The first-order valence-corrected chi connectivity index (χ1v) is 6.73. The molecule has 0 spiro atoms. The molecule has 19 heavy (non-hydrogen) atoms. The van der Waals surface area contributed by atoms with Crippen molar-refractivity contribution in [3.63, 3.8) is 0 Å². The second-order valence-corrected chi connectivity index (χ2v) is 4.94. The van der Waals surface area contributed by atoms with E-state index < -0.39 is 0 Å². The number of ether oxygens (including phenoxy) is 1. The van der Waals surface area contributed by atoms with Gasteiger partial charge in [-0.2, -0.15) is 0 Å². The summed E-state index contributed by atoms with van der Waals surface area (Å²) in [4.78, 5) is 8.18. The van der Waals surface area contributed by atoms with Crippen LogP contribution in [0.2, 0.25) is 0 Å². The summed E-state index contributed by atoms with van der Waals surface area (Å²) < 4.78 is 5.42. The highest BCUT2D eigenvalue weighted by molar-refractivity contribution is 5.69. The maximum Gasteiger partial charge on any atom is 0.128 e. The van der Waals surface area contributed by atoms with Gasteiger partial charge in [0.15, 0.2) is 0 Å². The van der Waals surface area contributed by atoms with Gasteiger partial charge in [-0.1, -0.05) is 12.1 Å². The standard InChI is InChI=1S/C15H19N3O/c1-10-14(11-6-3-4-8-13(11)19-2)18-15(17-10)12-7-5-9-16-12/h3-4,6,8,12,16H,5,7,9H2,1-2H3,(H,17,18). The third-order valence-electron chi connectivity index (χ3n) is 3.66. The summed E-state index contributed by atoms with van der Waals surface area (Å²) in [5.41, 5.74) is 3.12. The van der Waals surface area contributed by atoms with Crippen LogP contribution in [0.4, 0.5) is 0 Å². The van der Waals surface area contributed by atoms with Crippen LogP contribution < -0.4 is 10.1 Å². The zero-order valence-corrected chi connectivity index (χ0v) is 11.4. The van der Waals surface area contributed by atoms with E-state index in [0.717, 1.165) is 41.5 Å². The molecule has 1 atom stereocenters. The van der Waals surface area contributed by atoms with E-state index >= 15 is 0 Å². The monoisotopic (exact) mass is 257 g/mol. The van der Waals surface area contributed by atoms with E-state index in [1.165, 1.54) is 6.42 Å². The molecule has 3 rings (SSSR count). The summed E-state index contributed by atoms with van der Waals surface area (Å²) >= 11 is 0. The molecule has 1 fully saturated rings. The number of nitrogens with zero attached hydrogens (tertiary/aromatic N) is 1. The third-order valence-corrected chi connectivity index (χ3v) is 3.66. The van der Waals surface area contributed by atoms with E-state index in [1.807, 2.05) is 24.3 Å². The number of aromatic nitrogens is 2. The van der Waals surface area contributed by atoms with Crippen LogP contribution in [-0.4, -0.2) is 23.6 Å². The van der Waals surface area contributed by atoms with Crippen molar-refractivity contribution >= 4 is 0 Å². The van der Waals surface area contributed by atoms with Crippen LogP contribution >= 0.6 is 0 Å². The Morgan fingerprint density at radius 1 is 1.32 bits per heavy atom. The second-order valence-electron chi connectivity index (χ2n) is 4.94. The van der Waals surface area contributed by atoms with Crippen molar-refractivity contribution in [1.29, 1.82) is 0 Å². The summed E-state index contributed by atoms with van der Waals surface area (Å²) in [6.07, 6.45) is 2.37. The Morgan fingerprint density at radius 2 is 2.16 bits per heavy atom. The quantitative estimate of drug-likeness (QED) is 0.889. The molecule has 0 radical (unpaired) electrons. The van der Waals surface area contributed by atoms with Gasteiger partial charge >= 0.3 is 0 Å². The minimum atomic E-state index is 0.363. The zero-order valence-electron chi connectivity index (χ0n) is 11.4. The van der Waals surface area contributed by atoms with E-state index in [4.69, 9.17) is 9.72 Å². The fourth-order valence-electron chi connectivity index (χ4n) is 2.67. The molecule has 0 aliphatic carbocycles. The molecule has 0 bridgehead atoms. The fourth-order valence-corrected chi connectivity index (χ4v) is 2.67. The molecule has 4 heteroatoms. The molecular formula is C15H19N3O. The van der Waals surface area contributed by atoms with E-state index in [0.29, 0.717) is 6.04 Å². The van der Waals surface area contributed by atoms with Gasteiger partial charge in [0.2, 0.25) is 0 Å². The molecule has 1 aliphatic heterocycles. The van der Waals surface area contributed by atoms with Crippen molar-refractivity contribution in [2.75, 3.05) is 13.7 Å². The minimum absolute atomic E-state index is 0.363. The Bertz CT molecular complexity index is 571. The molecule has 1 aromatic carbocycles. The van der Waals surface area contributed by atoms with Crippen molar-refractivity contribution < 1.29 is 4.74 Å². The van der Waals surface area contributed by atoms with Crippen molar-refractivity contribution in [1.82, 2.24) is 15.3 Å². The molecular weight excluding hydrogens is 238 g/mol. The number of imidazole rings is 1. The molecule has 2 aromatic rings. The highest BCUT2D eigenvalue weighted by Crippen LogP contribution is 2.32. The highest BCUT2D eigenvalue weighted by Gasteiger charge is 2.21. The number of H-pyrrole nitrogens is 1. The lowest BCUT2D eigenvalue weighted by atomic mass is 10.1. The first-order valence-electron chi connectivity index (χ1n) is 6.73. The number of para-hydroxylation sites is 1. The number of hydrogen-bond donors (Lipinski definition) is 2. The van der Waals surface area contributed by atoms with Gasteiger partial charge in [-0.25, -0.2) is 4.98 Å². The van der Waals surface area contributed by atoms with E-state index in [2.05, 4.69) is 17.2 Å². The van der Waals surface area contributed by atoms with Crippen molar-refractivity contribution in [3.8, 4) is 17.0 Å². The fraction of sp³-hybridized carbons (Fsp3) is 0.400. The minimum Gasteiger partial charge on any atom is -0.496 e. The first kappa shape index (κ1) is 12.2. The third kappa shape index (κ3) is 2.24. The molecule has 100 valence electrons. The maximum absolute atomic E-state index is 5.42. The van der Waals surface area contributed by atoms with Crippen molar-refractivity contribution in [2.45, 2.75) is 25.8 Å². The van der Waals surface area contributed by atoms with E-state index in [9.17, 15) is 0 Å². The van der Waals surface area contributed by atoms with Crippen molar-refractivity contribution in [3.05, 3.63) is 35.8 Å². The molecule has 1 saturated heterocycles. The SMILES string of the molecule is COc1ccccc1-c1nc(C2CCCN2)[nH]c1C. The van der Waals surface area contributed by atoms with Crippen LogP contribution in [0, 0.1) is 6.92 Å². The van der Waals surface area contributed by atoms with Gasteiger partial charge in [0.1, 0.15) is 11.6 Å². The summed E-state index contributed by atoms with van der Waals surface area (Å²) in [7, 11) is 1.69. The predicted molar refractivity (Wildman–Crippen MR) is 75.3 cm³/mol. The van der Waals surface area contributed by atoms with Crippen LogP contribution in [-0.2, 0) is 0 Å². The smallest absolute Gasteiger partial charge is 0.128 e. The van der Waals surface area contributed by atoms with Crippen LogP contribution in [0.3, 0.4) is 0 Å². The van der Waals surface area contributed by atoms with Gasteiger partial charge in [0, 0.05) is 11.3 Å². The lowest BCUT2D eigenvalue weighted by molar-refractivity contribution is 0.416. The molecule has 1 unspecified atom stereocenters. The topological polar surface area (TPSA) is 49.9 Å². The Morgan fingerprint density at radius 3 is 2.89 bits per heavy atom. The number of aromatic amines is 1. The lowest BCUT2D eigenvalue weighted by Gasteiger charge is -2.06.